The van der Waals surface area contributed by atoms with Crippen LogP contribution in [0.5, 0.6) is 0 Å². The normalized spacial score (nSPS) is 21.3. The van der Waals surface area contributed by atoms with Gasteiger partial charge < -0.3 is 11.1 Å². The molecular formula is C15H24ClN3O3S. The van der Waals surface area contributed by atoms with Gasteiger partial charge in [-0.2, -0.15) is 0 Å². The largest absolute Gasteiger partial charge is 0.328 e. The van der Waals surface area contributed by atoms with Crippen LogP contribution in [0.2, 0.25) is 0 Å². The third-order valence-electron chi connectivity index (χ3n) is 3.87. The summed E-state index contributed by atoms with van der Waals surface area (Å²) in [7, 11) is -3.53. The van der Waals surface area contributed by atoms with Gasteiger partial charge in [-0.15, -0.1) is 12.4 Å². The van der Waals surface area contributed by atoms with E-state index in [0.29, 0.717) is 18.2 Å². The molecule has 1 aliphatic carbocycles. The summed E-state index contributed by atoms with van der Waals surface area (Å²) in [6.07, 6.45) is 3.95. The van der Waals surface area contributed by atoms with Crippen LogP contribution in [0.3, 0.4) is 0 Å². The minimum atomic E-state index is -3.53. The molecule has 2 rings (SSSR count). The van der Waals surface area contributed by atoms with E-state index < -0.39 is 10.0 Å². The van der Waals surface area contributed by atoms with Crippen LogP contribution in [0.1, 0.15) is 32.6 Å². The molecule has 1 aliphatic rings. The Bertz CT molecular complexity index is 619. The first kappa shape index (κ1) is 19.9. The van der Waals surface area contributed by atoms with E-state index in [4.69, 9.17) is 5.73 Å². The molecule has 2 unspecified atom stereocenters. The Morgan fingerprint density at radius 3 is 2.48 bits per heavy atom. The molecule has 6 nitrogen and oxygen atoms in total. The van der Waals surface area contributed by atoms with E-state index in [9.17, 15) is 13.2 Å². The number of rotatable bonds is 5. The van der Waals surface area contributed by atoms with Crippen molar-refractivity contribution in [3.63, 3.8) is 0 Å². The summed E-state index contributed by atoms with van der Waals surface area (Å²) < 4.78 is 27.2. The zero-order valence-electron chi connectivity index (χ0n) is 13.1. The number of anilines is 1. The van der Waals surface area contributed by atoms with Gasteiger partial charge in [-0.05, 0) is 49.4 Å². The fourth-order valence-corrected chi connectivity index (χ4v) is 3.87. The van der Waals surface area contributed by atoms with Crippen molar-refractivity contribution < 1.29 is 13.2 Å². The third kappa shape index (κ3) is 6.10. The second-order valence-electron chi connectivity index (χ2n) is 5.85. The van der Waals surface area contributed by atoms with Gasteiger partial charge in [-0.3, -0.25) is 4.79 Å². The van der Waals surface area contributed by atoms with Crippen LogP contribution >= 0.6 is 12.4 Å². The fraction of sp³-hybridized carbons (Fsp3) is 0.533. The van der Waals surface area contributed by atoms with Crippen LogP contribution in [0.25, 0.3) is 0 Å². The number of sulfonamides is 1. The molecule has 0 spiro atoms. The van der Waals surface area contributed by atoms with E-state index in [-0.39, 0.29) is 29.3 Å². The summed E-state index contributed by atoms with van der Waals surface area (Å²) in [5.41, 5.74) is 6.49. The van der Waals surface area contributed by atoms with Gasteiger partial charge in [-0.1, -0.05) is 6.42 Å². The van der Waals surface area contributed by atoms with Crippen molar-refractivity contribution >= 4 is 34.0 Å². The number of halogens is 1. The van der Waals surface area contributed by atoms with Gasteiger partial charge in [0.2, 0.25) is 15.9 Å². The number of nitrogens with two attached hydrogens (primary N) is 1. The molecule has 1 fully saturated rings. The van der Waals surface area contributed by atoms with Crippen LogP contribution < -0.4 is 15.8 Å². The van der Waals surface area contributed by atoms with Gasteiger partial charge in [0.15, 0.2) is 0 Å². The first-order valence-electron chi connectivity index (χ1n) is 7.50. The SMILES string of the molecule is CC(=O)Nc1ccc(S(=O)(=O)NCC2CCCC(N)C2)cc1.Cl. The van der Waals surface area contributed by atoms with Crippen molar-refractivity contribution in [2.45, 2.75) is 43.5 Å². The maximum atomic E-state index is 12.3. The number of hydrogen-bond donors (Lipinski definition) is 3. The zero-order valence-corrected chi connectivity index (χ0v) is 14.8. The number of nitrogens with one attached hydrogen (secondary N) is 2. The van der Waals surface area contributed by atoms with Crippen molar-refractivity contribution in [2.24, 2.45) is 11.7 Å². The molecule has 0 bridgehead atoms. The molecule has 2 atom stereocenters. The van der Waals surface area contributed by atoms with Gasteiger partial charge >= 0.3 is 0 Å². The quantitative estimate of drug-likeness (QED) is 0.745. The van der Waals surface area contributed by atoms with Crippen molar-refractivity contribution in [3.8, 4) is 0 Å². The molecule has 4 N–H and O–H groups in total. The second kappa shape index (κ2) is 8.63. The highest BCUT2D eigenvalue weighted by atomic mass is 35.5. The molecule has 8 heteroatoms. The Hall–Kier alpha value is -1.15. The van der Waals surface area contributed by atoms with Gasteiger partial charge in [0.1, 0.15) is 0 Å². The van der Waals surface area contributed by atoms with Gasteiger partial charge in [0, 0.05) is 25.2 Å². The molecule has 23 heavy (non-hydrogen) atoms. The predicted molar refractivity (Wildman–Crippen MR) is 93.1 cm³/mol. The number of amides is 1. The van der Waals surface area contributed by atoms with Gasteiger partial charge in [-0.25, -0.2) is 13.1 Å². The molecule has 0 aromatic heterocycles. The minimum Gasteiger partial charge on any atom is -0.328 e. The summed E-state index contributed by atoms with van der Waals surface area (Å²) in [5.74, 6) is 0.111. The zero-order chi connectivity index (χ0) is 16.2. The van der Waals surface area contributed by atoms with Crippen LogP contribution in [-0.2, 0) is 14.8 Å². The molecule has 0 saturated heterocycles. The highest BCUT2D eigenvalue weighted by Crippen LogP contribution is 2.23. The van der Waals surface area contributed by atoms with E-state index in [2.05, 4.69) is 10.0 Å². The Labute approximate surface area is 143 Å². The summed E-state index contributed by atoms with van der Waals surface area (Å²) >= 11 is 0. The molecule has 0 aliphatic heterocycles. The van der Waals surface area contributed by atoms with Crippen molar-refractivity contribution in [3.05, 3.63) is 24.3 Å². The lowest BCUT2D eigenvalue weighted by Crippen LogP contribution is -2.35. The standard InChI is InChI=1S/C15H23N3O3S.ClH/c1-11(19)18-14-5-7-15(8-6-14)22(20,21)17-10-12-3-2-4-13(16)9-12;/h5-8,12-13,17H,2-4,9-10,16H2,1H3,(H,18,19);1H. The lowest BCUT2D eigenvalue weighted by atomic mass is 9.86. The van der Waals surface area contributed by atoms with Gasteiger partial charge in [0.25, 0.3) is 0 Å². The highest BCUT2D eigenvalue weighted by Gasteiger charge is 2.22. The number of carbonyl (C=O) groups excluding carboxylic acids is 1. The summed E-state index contributed by atoms with van der Waals surface area (Å²) in [6.45, 7) is 1.82. The average Bonchev–Trinajstić information content (AvgIpc) is 2.45. The highest BCUT2D eigenvalue weighted by molar-refractivity contribution is 7.89. The number of carbonyl (C=O) groups is 1. The Morgan fingerprint density at radius 1 is 1.26 bits per heavy atom. The molecule has 1 aromatic carbocycles. The monoisotopic (exact) mass is 361 g/mol. The van der Waals surface area contributed by atoms with Crippen LogP contribution in [0.15, 0.2) is 29.2 Å². The van der Waals surface area contributed by atoms with E-state index in [0.717, 1.165) is 25.7 Å². The number of benzene rings is 1. The molecule has 0 radical (unpaired) electrons. The molecule has 1 saturated carbocycles. The first-order chi connectivity index (χ1) is 10.4. The topological polar surface area (TPSA) is 101 Å². The Balaban J connectivity index is 0.00000264. The molecular weight excluding hydrogens is 338 g/mol. The average molecular weight is 362 g/mol. The first-order valence-corrected chi connectivity index (χ1v) is 8.98. The lowest BCUT2D eigenvalue weighted by Gasteiger charge is -2.26. The van der Waals surface area contributed by atoms with Crippen LogP contribution in [-0.4, -0.2) is 26.9 Å². The van der Waals surface area contributed by atoms with E-state index >= 15 is 0 Å². The van der Waals surface area contributed by atoms with Crippen molar-refractivity contribution in [1.82, 2.24) is 4.72 Å². The van der Waals surface area contributed by atoms with E-state index in [1.807, 2.05) is 0 Å². The van der Waals surface area contributed by atoms with Crippen molar-refractivity contribution in [1.29, 1.82) is 0 Å². The van der Waals surface area contributed by atoms with E-state index in [1.165, 1.54) is 19.1 Å². The second-order valence-corrected chi connectivity index (χ2v) is 7.62. The maximum Gasteiger partial charge on any atom is 0.240 e. The summed E-state index contributed by atoms with van der Waals surface area (Å²) in [6, 6.07) is 6.31. The Morgan fingerprint density at radius 2 is 1.91 bits per heavy atom. The van der Waals surface area contributed by atoms with Crippen molar-refractivity contribution in [2.75, 3.05) is 11.9 Å². The third-order valence-corrected chi connectivity index (χ3v) is 5.31. The summed E-state index contributed by atoms with van der Waals surface area (Å²) in [5, 5.41) is 2.60. The van der Waals surface area contributed by atoms with E-state index in [1.54, 1.807) is 12.1 Å². The van der Waals surface area contributed by atoms with Gasteiger partial charge in [0.05, 0.1) is 4.90 Å². The Kier molecular flexibility index (Phi) is 7.47. The smallest absolute Gasteiger partial charge is 0.240 e. The minimum absolute atomic E-state index is 0. The fourth-order valence-electron chi connectivity index (χ4n) is 2.75. The number of hydrogen-bond acceptors (Lipinski definition) is 4. The van der Waals surface area contributed by atoms with Crippen LogP contribution in [0.4, 0.5) is 5.69 Å². The molecule has 1 aromatic rings. The maximum absolute atomic E-state index is 12.3. The van der Waals surface area contributed by atoms with Crippen LogP contribution in [0, 0.1) is 5.92 Å². The lowest BCUT2D eigenvalue weighted by molar-refractivity contribution is -0.114. The molecule has 0 heterocycles. The molecule has 130 valence electrons. The molecule has 1 amide bonds. The predicted octanol–water partition coefficient (Wildman–Crippen LogP) is 1.86. The summed E-state index contributed by atoms with van der Waals surface area (Å²) in [4.78, 5) is 11.1.